The lowest BCUT2D eigenvalue weighted by molar-refractivity contribution is -0.126. The first-order valence-electron chi connectivity index (χ1n) is 10.7. The first-order valence-corrected chi connectivity index (χ1v) is 12.1. The summed E-state index contributed by atoms with van der Waals surface area (Å²) in [5.41, 5.74) is 0.296. The normalized spacial score (nSPS) is 19.3. The molecule has 1 aromatic carbocycles. The number of fused-ring (bicyclic) bond motifs is 1. The molecule has 1 amide bonds. The van der Waals surface area contributed by atoms with Crippen LogP contribution in [0.1, 0.15) is 24.3 Å². The van der Waals surface area contributed by atoms with E-state index in [0.29, 0.717) is 42.3 Å². The zero-order valence-electron chi connectivity index (χ0n) is 18.4. The van der Waals surface area contributed by atoms with E-state index in [1.54, 1.807) is 32.0 Å². The van der Waals surface area contributed by atoms with Crippen molar-refractivity contribution in [3.63, 3.8) is 0 Å². The number of carbonyl (C=O) groups is 1. The van der Waals surface area contributed by atoms with Gasteiger partial charge in [0.1, 0.15) is 29.0 Å². The van der Waals surface area contributed by atoms with Crippen LogP contribution >= 0.6 is 0 Å². The molecule has 33 heavy (non-hydrogen) atoms. The van der Waals surface area contributed by atoms with Crippen LogP contribution in [-0.4, -0.2) is 68.0 Å². The molecule has 180 valence electrons. The van der Waals surface area contributed by atoms with Gasteiger partial charge in [-0.2, -0.15) is 4.31 Å². The number of hydrogen-bond donors (Lipinski definition) is 2. The highest BCUT2D eigenvalue weighted by Crippen LogP contribution is 2.35. The van der Waals surface area contributed by atoms with E-state index in [-0.39, 0.29) is 43.1 Å². The highest BCUT2D eigenvalue weighted by molar-refractivity contribution is 7.89. The number of ether oxygens (including phenoxy) is 3. The first kappa shape index (κ1) is 23.3. The van der Waals surface area contributed by atoms with Crippen molar-refractivity contribution in [3.8, 4) is 17.2 Å². The SMILES string of the molecule is Cc1noc(C)c1S(=O)(=O)N1CCCC(C(=O)NCC(O)COc2ccc3c(c2)OCO3)C1. The number of hydrogen-bond acceptors (Lipinski definition) is 9. The Morgan fingerprint density at radius 1 is 1.33 bits per heavy atom. The number of amides is 1. The molecule has 0 saturated carbocycles. The summed E-state index contributed by atoms with van der Waals surface area (Å²) in [6.07, 6.45) is 0.171. The van der Waals surface area contributed by atoms with Crippen LogP contribution in [-0.2, 0) is 14.8 Å². The Labute approximate surface area is 191 Å². The highest BCUT2D eigenvalue weighted by Gasteiger charge is 2.36. The van der Waals surface area contributed by atoms with Crippen LogP contribution < -0.4 is 19.5 Å². The summed E-state index contributed by atoms with van der Waals surface area (Å²) in [5.74, 6) is 1.12. The van der Waals surface area contributed by atoms with Crippen molar-refractivity contribution in [1.82, 2.24) is 14.8 Å². The van der Waals surface area contributed by atoms with Crippen LogP contribution in [0.25, 0.3) is 0 Å². The molecule has 2 N–H and O–H groups in total. The standard InChI is InChI=1S/C21H27N3O8S/c1-13-20(14(2)32-23-13)33(27,28)24-7-3-4-15(10-24)21(26)22-9-16(25)11-29-17-5-6-18-19(8-17)31-12-30-18/h5-6,8,15-16,25H,3-4,7,9-12H2,1-2H3,(H,22,26). The zero-order valence-corrected chi connectivity index (χ0v) is 19.3. The van der Waals surface area contributed by atoms with Gasteiger partial charge in [-0.3, -0.25) is 4.79 Å². The van der Waals surface area contributed by atoms with Gasteiger partial charge >= 0.3 is 0 Å². The van der Waals surface area contributed by atoms with Gasteiger partial charge in [0.2, 0.25) is 22.7 Å². The summed E-state index contributed by atoms with van der Waals surface area (Å²) in [5, 5.41) is 16.6. The topological polar surface area (TPSA) is 140 Å². The fourth-order valence-corrected chi connectivity index (χ4v) is 5.74. The fraction of sp³-hybridized carbons (Fsp3) is 0.524. The summed E-state index contributed by atoms with van der Waals surface area (Å²) < 4.78 is 48.5. The van der Waals surface area contributed by atoms with Crippen LogP contribution in [0.15, 0.2) is 27.6 Å². The maximum atomic E-state index is 13.0. The molecule has 3 heterocycles. The molecule has 0 bridgehead atoms. The predicted octanol–water partition coefficient (Wildman–Crippen LogP) is 0.977. The Bertz CT molecular complexity index is 1100. The molecule has 2 aliphatic heterocycles. The van der Waals surface area contributed by atoms with Crippen molar-refractivity contribution >= 4 is 15.9 Å². The van der Waals surface area contributed by atoms with Crippen LogP contribution in [0.5, 0.6) is 17.2 Å². The van der Waals surface area contributed by atoms with E-state index < -0.39 is 22.0 Å². The molecule has 4 rings (SSSR count). The van der Waals surface area contributed by atoms with Crippen LogP contribution in [0.2, 0.25) is 0 Å². The van der Waals surface area contributed by atoms with Crippen molar-refractivity contribution in [2.24, 2.45) is 5.92 Å². The molecule has 12 heteroatoms. The largest absolute Gasteiger partial charge is 0.491 e. The van der Waals surface area contributed by atoms with E-state index in [4.69, 9.17) is 18.7 Å². The fourth-order valence-electron chi connectivity index (χ4n) is 3.93. The van der Waals surface area contributed by atoms with Crippen LogP contribution in [0.4, 0.5) is 0 Å². The number of aromatic nitrogens is 1. The molecule has 1 saturated heterocycles. The maximum Gasteiger partial charge on any atom is 0.248 e. The third-order valence-corrected chi connectivity index (χ3v) is 7.73. The van der Waals surface area contributed by atoms with E-state index in [1.807, 2.05) is 0 Å². The van der Waals surface area contributed by atoms with Gasteiger partial charge in [0.15, 0.2) is 17.3 Å². The lowest BCUT2D eigenvalue weighted by Gasteiger charge is -2.31. The van der Waals surface area contributed by atoms with Crippen LogP contribution in [0, 0.1) is 19.8 Å². The molecule has 2 aromatic rings. The molecular weight excluding hydrogens is 454 g/mol. The summed E-state index contributed by atoms with van der Waals surface area (Å²) in [7, 11) is -3.81. The molecule has 11 nitrogen and oxygen atoms in total. The minimum Gasteiger partial charge on any atom is -0.491 e. The molecule has 0 spiro atoms. The summed E-state index contributed by atoms with van der Waals surface area (Å²) in [4.78, 5) is 12.7. The third-order valence-electron chi connectivity index (χ3n) is 5.62. The minimum absolute atomic E-state index is 0.0174. The van der Waals surface area contributed by atoms with Crippen LogP contribution in [0.3, 0.4) is 0 Å². The van der Waals surface area contributed by atoms with Crippen molar-refractivity contribution in [1.29, 1.82) is 0 Å². The number of piperidine rings is 1. The second kappa shape index (κ2) is 9.57. The zero-order chi connectivity index (χ0) is 23.6. The van der Waals surface area contributed by atoms with Gasteiger partial charge in [-0.15, -0.1) is 0 Å². The first-order chi connectivity index (χ1) is 15.8. The number of rotatable bonds is 8. The second-order valence-electron chi connectivity index (χ2n) is 8.08. The van der Waals surface area contributed by atoms with Crippen molar-refractivity contribution < 1.29 is 37.1 Å². The summed E-state index contributed by atoms with van der Waals surface area (Å²) in [6.45, 7) is 3.61. The van der Waals surface area contributed by atoms with Crippen molar-refractivity contribution in [3.05, 3.63) is 29.7 Å². The molecule has 0 radical (unpaired) electrons. The molecule has 2 unspecified atom stereocenters. The van der Waals surface area contributed by atoms with Crippen molar-refractivity contribution in [2.45, 2.75) is 37.7 Å². The van der Waals surface area contributed by atoms with E-state index >= 15 is 0 Å². The summed E-state index contributed by atoms with van der Waals surface area (Å²) >= 11 is 0. The van der Waals surface area contributed by atoms with Crippen molar-refractivity contribution in [2.75, 3.05) is 33.0 Å². The third kappa shape index (κ3) is 5.07. The molecule has 1 fully saturated rings. The number of aryl methyl sites for hydroxylation is 2. The molecular formula is C21H27N3O8S. The molecule has 0 aliphatic carbocycles. The Morgan fingerprint density at radius 3 is 2.88 bits per heavy atom. The van der Waals surface area contributed by atoms with E-state index in [0.717, 1.165) is 0 Å². The van der Waals surface area contributed by atoms with Gasteiger partial charge in [0, 0.05) is 25.7 Å². The molecule has 2 atom stereocenters. The second-order valence-corrected chi connectivity index (χ2v) is 9.96. The molecule has 1 aromatic heterocycles. The van der Waals surface area contributed by atoms with Gasteiger partial charge in [-0.25, -0.2) is 8.42 Å². The number of aliphatic hydroxyl groups is 1. The monoisotopic (exact) mass is 481 g/mol. The quantitative estimate of drug-likeness (QED) is 0.564. The summed E-state index contributed by atoms with van der Waals surface area (Å²) in [6, 6.07) is 5.09. The predicted molar refractivity (Wildman–Crippen MR) is 115 cm³/mol. The average Bonchev–Trinajstić information content (AvgIpc) is 3.41. The Balaban J connectivity index is 1.27. The Morgan fingerprint density at radius 2 is 2.12 bits per heavy atom. The number of aliphatic hydroxyl groups excluding tert-OH is 1. The van der Waals surface area contributed by atoms with E-state index in [2.05, 4.69) is 10.5 Å². The van der Waals surface area contributed by atoms with Gasteiger partial charge < -0.3 is 29.2 Å². The Hall–Kier alpha value is -2.83. The van der Waals surface area contributed by atoms with Gasteiger partial charge in [-0.05, 0) is 38.8 Å². The average molecular weight is 482 g/mol. The lowest BCUT2D eigenvalue weighted by atomic mass is 9.99. The van der Waals surface area contributed by atoms with E-state index in [9.17, 15) is 18.3 Å². The number of nitrogens with zero attached hydrogens (tertiary/aromatic N) is 2. The van der Waals surface area contributed by atoms with Gasteiger partial charge in [0.25, 0.3) is 0 Å². The lowest BCUT2D eigenvalue weighted by Crippen LogP contribution is -2.47. The highest BCUT2D eigenvalue weighted by atomic mass is 32.2. The number of nitrogens with one attached hydrogen (secondary N) is 1. The van der Waals surface area contributed by atoms with E-state index in [1.165, 1.54) is 4.31 Å². The Kier molecular flexibility index (Phi) is 6.77. The van der Waals surface area contributed by atoms with Gasteiger partial charge in [-0.1, -0.05) is 5.16 Å². The number of benzene rings is 1. The molecule has 2 aliphatic rings. The minimum atomic E-state index is -3.81. The number of sulfonamides is 1. The van der Waals surface area contributed by atoms with Gasteiger partial charge in [0.05, 0.1) is 5.92 Å². The number of carbonyl (C=O) groups excluding carboxylic acids is 1. The maximum absolute atomic E-state index is 13.0. The smallest absolute Gasteiger partial charge is 0.248 e.